The largest absolute Gasteiger partial charge is 0.365 e. The molecule has 0 fully saturated rings. The van der Waals surface area contributed by atoms with Crippen LogP contribution < -0.4 is 5.32 Å². The summed E-state index contributed by atoms with van der Waals surface area (Å²) in [5, 5.41) is 4.54. The second kappa shape index (κ2) is 6.03. The number of nitrogens with zero attached hydrogens (tertiary/aromatic N) is 1. The van der Waals surface area contributed by atoms with Crippen molar-refractivity contribution in [1.29, 1.82) is 0 Å². The summed E-state index contributed by atoms with van der Waals surface area (Å²) in [6, 6.07) is 6.54. The molecule has 0 aliphatic carbocycles. The lowest BCUT2D eigenvalue weighted by Crippen LogP contribution is -2.03. The van der Waals surface area contributed by atoms with Gasteiger partial charge in [-0.2, -0.15) is 0 Å². The van der Waals surface area contributed by atoms with Crippen molar-refractivity contribution in [3.8, 4) is 0 Å². The summed E-state index contributed by atoms with van der Waals surface area (Å²) in [6.07, 6.45) is 1.94. The molecule has 1 aromatic carbocycles. The number of aromatic amines is 1. The van der Waals surface area contributed by atoms with E-state index in [1.807, 2.05) is 6.20 Å². The van der Waals surface area contributed by atoms with E-state index >= 15 is 0 Å². The molecule has 3 rings (SSSR count). The van der Waals surface area contributed by atoms with Gasteiger partial charge in [0, 0.05) is 23.8 Å². The highest BCUT2D eigenvalue weighted by molar-refractivity contribution is 5.95. The first-order chi connectivity index (χ1) is 11.0. The third kappa shape index (κ3) is 2.93. The van der Waals surface area contributed by atoms with Gasteiger partial charge in [-0.15, -0.1) is 0 Å². The number of anilines is 1. The Morgan fingerprint density at radius 2 is 1.87 bits per heavy atom. The number of halogens is 1. The minimum atomic E-state index is -0.215. The highest BCUT2D eigenvalue weighted by Gasteiger charge is 2.15. The molecule has 4 heteroatoms. The summed E-state index contributed by atoms with van der Waals surface area (Å²) < 4.78 is 13.0. The van der Waals surface area contributed by atoms with Gasteiger partial charge >= 0.3 is 0 Å². The highest BCUT2D eigenvalue weighted by atomic mass is 19.1. The monoisotopic (exact) mass is 311 g/mol. The van der Waals surface area contributed by atoms with E-state index in [1.165, 1.54) is 29.0 Å². The van der Waals surface area contributed by atoms with E-state index in [1.54, 1.807) is 12.1 Å². The molecule has 0 spiro atoms. The fourth-order valence-electron chi connectivity index (χ4n) is 2.85. The van der Waals surface area contributed by atoms with E-state index in [2.05, 4.69) is 43.0 Å². The molecule has 2 aromatic heterocycles. The summed E-state index contributed by atoms with van der Waals surface area (Å²) in [7, 11) is 0. The Morgan fingerprint density at radius 1 is 1.17 bits per heavy atom. The Morgan fingerprint density at radius 3 is 2.52 bits per heavy atom. The molecule has 0 saturated carbocycles. The zero-order valence-corrected chi connectivity index (χ0v) is 14.0. The molecule has 0 saturated heterocycles. The van der Waals surface area contributed by atoms with Crippen LogP contribution in [-0.2, 0) is 6.54 Å². The minimum Gasteiger partial charge on any atom is -0.365 e. The van der Waals surface area contributed by atoms with Crippen LogP contribution in [0.25, 0.3) is 10.9 Å². The Bertz CT molecular complexity index is 832. The molecule has 0 amide bonds. The van der Waals surface area contributed by atoms with Crippen molar-refractivity contribution in [2.45, 2.75) is 40.2 Å². The first-order valence-electron chi connectivity index (χ1n) is 7.93. The standard InChI is InChI=1S/C19H22FN3/c1-11(2)16-10-22-19(17-12(3)13(4)23-18(16)17)21-9-14-5-7-15(20)8-6-14/h5-8,10-11,23H,9H2,1-4H3,(H,21,22). The SMILES string of the molecule is Cc1[nH]c2c(C(C)C)cnc(NCc3ccc(F)cc3)c2c1C. The quantitative estimate of drug-likeness (QED) is 0.707. The number of fused-ring (bicyclic) bond motifs is 1. The average Bonchev–Trinajstić information content (AvgIpc) is 2.82. The third-order valence-electron chi connectivity index (χ3n) is 4.35. The van der Waals surface area contributed by atoms with Crippen molar-refractivity contribution >= 4 is 16.7 Å². The summed E-state index contributed by atoms with van der Waals surface area (Å²) in [4.78, 5) is 8.12. The van der Waals surface area contributed by atoms with Gasteiger partial charge in [0.2, 0.25) is 0 Å². The van der Waals surface area contributed by atoms with Crippen LogP contribution >= 0.6 is 0 Å². The van der Waals surface area contributed by atoms with Crippen LogP contribution in [0, 0.1) is 19.7 Å². The number of H-pyrrole nitrogens is 1. The van der Waals surface area contributed by atoms with E-state index < -0.39 is 0 Å². The molecule has 120 valence electrons. The molecule has 2 N–H and O–H groups in total. The Balaban J connectivity index is 1.97. The molecule has 0 atom stereocenters. The van der Waals surface area contributed by atoms with Gasteiger partial charge in [-0.05, 0) is 48.6 Å². The second-order valence-corrected chi connectivity index (χ2v) is 6.32. The topological polar surface area (TPSA) is 40.7 Å². The molecule has 0 unspecified atom stereocenters. The number of hydrogen-bond donors (Lipinski definition) is 2. The van der Waals surface area contributed by atoms with Gasteiger partial charge < -0.3 is 10.3 Å². The van der Waals surface area contributed by atoms with E-state index in [4.69, 9.17) is 0 Å². The number of aromatic nitrogens is 2. The molecule has 23 heavy (non-hydrogen) atoms. The number of nitrogens with one attached hydrogen (secondary N) is 2. The molecule has 2 heterocycles. The Labute approximate surface area is 136 Å². The van der Waals surface area contributed by atoms with Gasteiger partial charge in [0.1, 0.15) is 11.6 Å². The molecule has 0 aliphatic rings. The lowest BCUT2D eigenvalue weighted by molar-refractivity contribution is 0.627. The zero-order valence-electron chi connectivity index (χ0n) is 14.0. The molecule has 3 nitrogen and oxygen atoms in total. The predicted molar refractivity (Wildman–Crippen MR) is 93.4 cm³/mol. The van der Waals surface area contributed by atoms with Crippen LogP contribution in [0.2, 0.25) is 0 Å². The fourth-order valence-corrected chi connectivity index (χ4v) is 2.85. The van der Waals surface area contributed by atoms with Gasteiger partial charge in [0.05, 0.1) is 5.52 Å². The van der Waals surface area contributed by atoms with Crippen molar-refractivity contribution in [3.63, 3.8) is 0 Å². The summed E-state index contributed by atoms with van der Waals surface area (Å²) in [6.45, 7) is 9.17. The van der Waals surface area contributed by atoms with Crippen LogP contribution in [0.4, 0.5) is 10.2 Å². The Hall–Kier alpha value is -2.36. The van der Waals surface area contributed by atoms with Crippen LogP contribution in [0.15, 0.2) is 30.5 Å². The van der Waals surface area contributed by atoms with Gasteiger partial charge in [-0.25, -0.2) is 9.37 Å². The van der Waals surface area contributed by atoms with Gasteiger partial charge in [-0.3, -0.25) is 0 Å². The summed E-state index contributed by atoms with van der Waals surface area (Å²) in [5.74, 6) is 1.07. The van der Waals surface area contributed by atoms with E-state index in [0.717, 1.165) is 22.3 Å². The van der Waals surface area contributed by atoms with Crippen LogP contribution in [0.5, 0.6) is 0 Å². The van der Waals surface area contributed by atoms with Crippen LogP contribution in [-0.4, -0.2) is 9.97 Å². The van der Waals surface area contributed by atoms with Crippen molar-refractivity contribution in [1.82, 2.24) is 9.97 Å². The van der Waals surface area contributed by atoms with Crippen molar-refractivity contribution < 1.29 is 4.39 Å². The number of benzene rings is 1. The van der Waals surface area contributed by atoms with Gasteiger partial charge in [-0.1, -0.05) is 26.0 Å². The zero-order chi connectivity index (χ0) is 16.6. The molecule has 3 aromatic rings. The first-order valence-corrected chi connectivity index (χ1v) is 7.93. The van der Waals surface area contributed by atoms with Crippen LogP contribution in [0.1, 0.15) is 42.1 Å². The van der Waals surface area contributed by atoms with E-state index in [-0.39, 0.29) is 5.82 Å². The van der Waals surface area contributed by atoms with E-state index in [9.17, 15) is 4.39 Å². The Kier molecular flexibility index (Phi) is 4.07. The molecule has 0 radical (unpaired) electrons. The maximum Gasteiger partial charge on any atom is 0.135 e. The summed E-state index contributed by atoms with van der Waals surface area (Å²) >= 11 is 0. The van der Waals surface area contributed by atoms with Gasteiger partial charge in [0.25, 0.3) is 0 Å². The van der Waals surface area contributed by atoms with Gasteiger partial charge in [0.15, 0.2) is 0 Å². The number of hydrogen-bond acceptors (Lipinski definition) is 2. The lowest BCUT2D eigenvalue weighted by Gasteiger charge is -2.12. The minimum absolute atomic E-state index is 0.215. The maximum atomic E-state index is 13.0. The molecule has 0 bridgehead atoms. The smallest absolute Gasteiger partial charge is 0.135 e. The predicted octanol–water partition coefficient (Wildman–Crippen LogP) is 5.05. The number of rotatable bonds is 4. The lowest BCUT2D eigenvalue weighted by atomic mass is 10.0. The fraction of sp³-hybridized carbons (Fsp3) is 0.316. The molecule has 0 aliphatic heterocycles. The summed E-state index contributed by atoms with van der Waals surface area (Å²) in [5.41, 5.74) is 5.80. The van der Waals surface area contributed by atoms with Crippen LogP contribution in [0.3, 0.4) is 0 Å². The normalized spacial score (nSPS) is 11.4. The van der Waals surface area contributed by atoms with Crippen molar-refractivity contribution in [3.05, 3.63) is 58.7 Å². The molecular formula is C19H22FN3. The number of aryl methyl sites for hydroxylation is 2. The first kappa shape index (κ1) is 15.5. The van der Waals surface area contributed by atoms with E-state index in [0.29, 0.717) is 12.5 Å². The second-order valence-electron chi connectivity index (χ2n) is 6.32. The third-order valence-corrected chi connectivity index (χ3v) is 4.35. The number of pyridine rings is 1. The van der Waals surface area contributed by atoms with Crippen molar-refractivity contribution in [2.24, 2.45) is 0 Å². The average molecular weight is 311 g/mol. The highest BCUT2D eigenvalue weighted by Crippen LogP contribution is 2.32. The maximum absolute atomic E-state index is 13.0. The molecular weight excluding hydrogens is 289 g/mol. The van der Waals surface area contributed by atoms with Crippen molar-refractivity contribution in [2.75, 3.05) is 5.32 Å².